The summed E-state index contributed by atoms with van der Waals surface area (Å²) < 4.78 is 10.5. The van der Waals surface area contributed by atoms with Crippen molar-refractivity contribution >= 4 is 34.8 Å². The predicted octanol–water partition coefficient (Wildman–Crippen LogP) is 6.07. The summed E-state index contributed by atoms with van der Waals surface area (Å²) >= 11 is 6.20. The van der Waals surface area contributed by atoms with Gasteiger partial charge in [-0.1, -0.05) is 37.6 Å². The first kappa shape index (κ1) is 26.8. The summed E-state index contributed by atoms with van der Waals surface area (Å²) in [4.78, 5) is 23.8. The molecule has 9 heteroatoms. The van der Waals surface area contributed by atoms with E-state index in [1.807, 2.05) is 50.2 Å². The monoisotopic (exact) mass is 509 g/mol. The van der Waals surface area contributed by atoms with Gasteiger partial charge < -0.3 is 25.0 Å². The molecule has 2 aromatic carbocycles. The van der Waals surface area contributed by atoms with Crippen LogP contribution in [0.5, 0.6) is 11.5 Å². The zero-order valence-corrected chi connectivity index (χ0v) is 21.8. The number of nitrogens with one attached hydrogen (secondary N) is 2. The van der Waals surface area contributed by atoms with Crippen molar-refractivity contribution in [3.8, 4) is 11.5 Å². The van der Waals surface area contributed by atoms with E-state index in [4.69, 9.17) is 26.1 Å². The second-order valence-electron chi connectivity index (χ2n) is 7.68. The summed E-state index contributed by atoms with van der Waals surface area (Å²) in [6, 6.07) is 14.5. The number of benzene rings is 2. The number of aliphatic imine (C=N–C) groups is 1. The molecule has 0 fully saturated rings. The SMILES string of the molecule is CC.COc1cc(OC)c(NC(=O)Nc2cccc(CN3CCCN=C3c3ccncc3)c2)cc1Cl. The average molecular weight is 510 g/mol. The molecule has 0 radical (unpaired) electrons. The van der Waals surface area contributed by atoms with Crippen LogP contribution in [0.1, 0.15) is 31.4 Å². The molecule has 190 valence electrons. The maximum absolute atomic E-state index is 12.7. The molecular weight excluding hydrogens is 478 g/mol. The summed E-state index contributed by atoms with van der Waals surface area (Å²) in [5.74, 6) is 1.87. The van der Waals surface area contributed by atoms with E-state index in [1.54, 1.807) is 24.5 Å². The Balaban J connectivity index is 0.00000176. The summed E-state index contributed by atoms with van der Waals surface area (Å²) in [6.07, 6.45) is 4.55. The van der Waals surface area contributed by atoms with Gasteiger partial charge in [0.2, 0.25) is 0 Å². The van der Waals surface area contributed by atoms with Gasteiger partial charge in [-0.15, -0.1) is 0 Å². The van der Waals surface area contributed by atoms with Crippen LogP contribution >= 0.6 is 11.6 Å². The van der Waals surface area contributed by atoms with Crippen molar-refractivity contribution in [3.05, 3.63) is 77.1 Å². The largest absolute Gasteiger partial charge is 0.495 e. The minimum Gasteiger partial charge on any atom is -0.495 e. The average Bonchev–Trinajstić information content (AvgIpc) is 2.91. The number of rotatable bonds is 7. The van der Waals surface area contributed by atoms with Crippen molar-refractivity contribution in [2.24, 2.45) is 4.99 Å². The first-order chi connectivity index (χ1) is 17.6. The first-order valence-corrected chi connectivity index (χ1v) is 12.2. The highest BCUT2D eigenvalue weighted by molar-refractivity contribution is 6.32. The van der Waals surface area contributed by atoms with Crippen LogP contribution in [0.4, 0.5) is 16.2 Å². The highest BCUT2D eigenvalue weighted by atomic mass is 35.5. The van der Waals surface area contributed by atoms with E-state index in [9.17, 15) is 4.79 Å². The predicted molar refractivity (Wildman–Crippen MR) is 146 cm³/mol. The van der Waals surface area contributed by atoms with Crippen molar-refractivity contribution in [3.63, 3.8) is 0 Å². The number of carbonyl (C=O) groups is 1. The Kier molecular flexibility index (Phi) is 9.94. The van der Waals surface area contributed by atoms with Gasteiger partial charge in [-0.2, -0.15) is 0 Å². The Morgan fingerprint density at radius 1 is 1.03 bits per heavy atom. The number of anilines is 2. The van der Waals surface area contributed by atoms with Crippen LogP contribution in [0.15, 0.2) is 65.9 Å². The molecule has 2 amide bonds. The van der Waals surface area contributed by atoms with Gasteiger partial charge in [-0.3, -0.25) is 9.98 Å². The number of pyridine rings is 1. The summed E-state index contributed by atoms with van der Waals surface area (Å²) in [5, 5.41) is 6.02. The second-order valence-corrected chi connectivity index (χ2v) is 8.09. The highest BCUT2D eigenvalue weighted by Crippen LogP contribution is 2.36. The van der Waals surface area contributed by atoms with Crippen molar-refractivity contribution < 1.29 is 14.3 Å². The fourth-order valence-corrected chi connectivity index (χ4v) is 4.03. The van der Waals surface area contributed by atoms with Crippen molar-refractivity contribution in [2.45, 2.75) is 26.8 Å². The van der Waals surface area contributed by atoms with E-state index in [2.05, 4.69) is 20.5 Å². The van der Waals surface area contributed by atoms with Gasteiger partial charge in [-0.25, -0.2) is 4.79 Å². The summed E-state index contributed by atoms with van der Waals surface area (Å²) in [7, 11) is 3.03. The quantitative estimate of drug-likeness (QED) is 0.403. The number of halogens is 1. The number of aromatic nitrogens is 1. The molecule has 1 aliphatic heterocycles. The molecule has 1 aliphatic rings. The minimum absolute atomic E-state index is 0.369. The molecule has 0 saturated heterocycles. The van der Waals surface area contributed by atoms with Gasteiger partial charge in [0.05, 0.1) is 24.9 Å². The normalized spacial score (nSPS) is 12.6. The van der Waals surface area contributed by atoms with E-state index in [1.165, 1.54) is 14.2 Å². The smallest absolute Gasteiger partial charge is 0.323 e. The Hall–Kier alpha value is -3.78. The molecule has 2 heterocycles. The lowest BCUT2D eigenvalue weighted by Crippen LogP contribution is -2.35. The van der Waals surface area contributed by atoms with Gasteiger partial charge in [0.15, 0.2) is 0 Å². The topological polar surface area (TPSA) is 88.1 Å². The number of ether oxygens (including phenoxy) is 2. The molecule has 0 aliphatic carbocycles. The standard InChI is InChI=1S/C25H26ClN5O3.C2H6/c1-33-22-15-23(34-2)21(14-20(22)26)30-25(32)29-19-6-3-5-17(13-19)16-31-12-4-9-28-24(31)18-7-10-27-11-8-18;1-2/h3,5-8,10-11,13-15H,4,9,12,16H2,1-2H3,(H2,29,30,32);1-2H3. The van der Waals surface area contributed by atoms with Crippen LogP contribution in [0.25, 0.3) is 0 Å². The van der Waals surface area contributed by atoms with Crippen LogP contribution in [-0.4, -0.2) is 49.1 Å². The van der Waals surface area contributed by atoms with Crippen molar-refractivity contribution in [1.29, 1.82) is 0 Å². The van der Waals surface area contributed by atoms with E-state index < -0.39 is 6.03 Å². The van der Waals surface area contributed by atoms with Crippen molar-refractivity contribution in [2.75, 3.05) is 37.9 Å². The number of hydrogen-bond acceptors (Lipinski definition) is 6. The van der Waals surface area contributed by atoms with Gasteiger partial charge in [0.25, 0.3) is 0 Å². The number of carbonyl (C=O) groups excluding carboxylic acids is 1. The molecule has 8 nitrogen and oxygen atoms in total. The number of amides is 2. The molecular formula is C27H32ClN5O3. The molecule has 3 aromatic rings. The third-order valence-corrected chi connectivity index (χ3v) is 5.66. The van der Waals surface area contributed by atoms with E-state index in [0.717, 1.165) is 36.5 Å². The molecule has 0 unspecified atom stereocenters. The van der Waals surface area contributed by atoms with Gasteiger partial charge in [0.1, 0.15) is 17.3 Å². The molecule has 0 spiro atoms. The van der Waals surface area contributed by atoms with Gasteiger partial charge >= 0.3 is 6.03 Å². The molecule has 0 bridgehead atoms. The number of hydrogen-bond donors (Lipinski definition) is 2. The highest BCUT2D eigenvalue weighted by Gasteiger charge is 2.18. The van der Waals surface area contributed by atoms with Crippen LogP contribution in [0.2, 0.25) is 5.02 Å². The lowest BCUT2D eigenvalue weighted by atomic mass is 10.1. The third kappa shape index (κ3) is 6.88. The Bertz CT molecular complexity index is 1190. The second kappa shape index (κ2) is 13.3. The zero-order valence-electron chi connectivity index (χ0n) is 21.0. The fraction of sp³-hybridized carbons (Fsp3) is 0.296. The first-order valence-electron chi connectivity index (χ1n) is 11.9. The van der Waals surface area contributed by atoms with Gasteiger partial charge in [-0.05, 0) is 42.3 Å². The zero-order chi connectivity index (χ0) is 25.9. The molecule has 0 saturated carbocycles. The van der Waals surface area contributed by atoms with Crippen molar-refractivity contribution in [1.82, 2.24) is 9.88 Å². The molecule has 4 rings (SSSR count). The van der Waals surface area contributed by atoms with Crippen LogP contribution in [0.3, 0.4) is 0 Å². The minimum atomic E-state index is -0.409. The van der Waals surface area contributed by atoms with E-state index >= 15 is 0 Å². The lowest BCUT2D eigenvalue weighted by molar-refractivity contribution is 0.262. The number of methoxy groups -OCH3 is 2. The van der Waals surface area contributed by atoms with Crippen LogP contribution in [0, 0.1) is 0 Å². The maximum Gasteiger partial charge on any atom is 0.323 e. The molecule has 0 atom stereocenters. The number of urea groups is 1. The molecule has 1 aromatic heterocycles. The molecule has 2 N–H and O–H groups in total. The van der Waals surface area contributed by atoms with E-state index in [-0.39, 0.29) is 0 Å². The fourth-order valence-electron chi connectivity index (χ4n) is 3.79. The Labute approximate surface area is 217 Å². The summed E-state index contributed by atoms with van der Waals surface area (Å²) in [6.45, 7) is 6.41. The summed E-state index contributed by atoms with van der Waals surface area (Å²) in [5.41, 5.74) is 3.23. The third-order valence-electron chi connectivity index (χ3n) is 5.37. The van der Waals surface area contributed by atoms with E-state index in [0.29, 0.717) is 34.4 Å². The van der Waals surface area contributed by atoms with Gasteiger partial charge in [0, 0.05) is 49.3 Å². The maximum atomic E-state index is 12.7. The Morgan fingerprint density at radius 3 is 2.50 bits per heavy atom. The van der Waals surface area contributed by atoms with Crippen LogP contribution in [-0.2, 0) is 6.54 Å². The lowest BCUT2D eigenvalue weighted by Gasteiger charge is -2.29. The number of amidine groups is 1. The molecule has 36 heavy (non-hydrogen) atoms. The Morgan fingerprint density at radius 2 is 1.78 bits per heavy atom. The van der Waals surface area contributed by atoms with Crippen LogP contribution < -0.4 is 20.1 Å². The number of nitrogens with zero attached hydrogens (tertiary/aromatic N) is 3.